The first kappa shape index (κ1) is 17.6. The Balaban J connectivity index is 1.49. The molecule has 27 heavy (non-hydrogen) atoms. The molecule has 1 aliphatic heterocycles. The van der Waals surface area contributed by atoms with Gasteiger partial charge >= 0.3 is 0 Å². The molecular weight excluding hydrogens is 362 g/mol. The molecule has 1 aliphatic carbocycles. The van der Waals surface area contributed by atoms with Crippen molar-refractivity contribution in [1.29, 1.82) is 0 Å². The molecule has 2 N–H and O–H groups in total. The van der Waals surface area contributed by atoms with E-state index in [2.05, 4.69) is 22.9 Å². The van der Waals surface area contributed by atoms with Crippen molar-refractivity contribution in [2.24, 2.45) is 0 Å². The summed E-state index contributed by atoms with van der Waals surface area (Å²) >= 11 is 5.92. The Morgan fingerprint density at radius 2 is 1.93 bits per heavy atom. The lowest BCUT2D eigenvalue weighted by molar-refractivity contribution is -0.120. The first-order valence-electron chi connectivity index (χ1n) is 9.06. The summed E-state index contributed by atoms with van der Waals surface area (Å²) in [5.74, 6) is -0.333. The molecule has 0 radical (unpaired) electrons. The molecule has 138 valence electrons. The Kier molecular flexibility index (Phi) is 4.86. The number of nitrogens with zero attached hydrogens (tertiary/aromatic N) is 1. The van der Waals surface area contributed by atoms with E-state index in [0.29, 0.717) is 16.4 Å². The van der Waals surface area contributed by atoms with Gasteiger partial charge in [-0.25, -0.2) is 5.01 Å². The lowest BCUT2D eigenvalue weighted by Crippen LogP contribution is -2.49. The van der Waals surface area contributed by atoms with Crippen LogP contribution in [0.4, 0.5) is 5.69 Å². The maximum Gasteiger partial charge on any atom is 0.269 e. The highest BCUT2D eigenvalue weighted by molar-refractivity contribution is 6.30. The van der Waals surface area contributed by atoms with Crippen LogP contribution >= 0.6 is 11.6 Å². The predicted molar refractivity (Wildman–Crippen MR) is 105 cm³/mol. The van der Waals surface area contributed by atoms with Crippen molar-refractivity contribution >= 4 is 29.1 Å². The lowest BCUT2D eigenvalue weighted by Gasteiger charge is -2.31. The summed E-state index contributed by atoms with van der Waals surface area (Å²) in [4.78, 5) is 25.1. The van der Waals surface area contributed by atoms with Crippen LogP contribution in [0.25, 0.3) is 0 Å². The van der Waals surface area contributed by atoms with Gasteiger partial charge in [0.25, 0.3) is 5.91 Å². The smallest absolute Gasteiger partial charge is 0.269 e. The molecule has 0 fully saturated rings. The lowest BCUT2D eigenvalue weighted by atomic mass is 9.87. The third-order valence-electron chi connectivity index (χ3n) is 4.97. The molecule has 2 aliphatic rings. The molecule has 2 amide bonds. The molecule has 6 heteroatoms. The standard InChI is InChI=1S/C21H20ClN3O2/c22-15-8-10-16(11-9-15)25-20(26)13-12-19(24-25)21(27)23-18-7-3-5-14-4-1-2-6-17(14)18/h1-2,4,6,8-12,18,24H,3,5,7,13H2,(H,23,27)/t18-/m1/s1. The van der Waals surface area contributed by atoms with Gasteiger partial charge in [-0.05, 0) is 60.7 Å². The fourth-order valence-electron chi connectivity index (χ4n) is 3.59. The number of aryl methyl sites for hydroxylation is 1. The van der Waals surface area contributed by atoms with E-state index in [0.717, 1.165) is 19.3 Å². The van der Waals surface area contributed by atoms with Gasteiger partial charge in [0, 0.05) is 11.4 Å². The number of hydrazine groups is 1. The first-order chi connectivity index (χ1) is 13.1. The first-order valence-corrected chi connectivity index (χ1v) is 9.43. The highest BCUT2D eigenvalue weighted by Crippen LogP contribution is 2.29. The summed E-state index contributed by atoms with van der Waals surface area (Å²) in [5.41, 5.74) is 6.44. The molecule has 0 bridgehead atoms. The number of nitrogens with one attached hydrogen (secondary N) is 2. The fourth-order valence-corrected chi connectivity index (χ4v) is 3.72. The Hall–Kier alpha value is -2.79. The van der Waals surface area contributed by atoms with Crippen molar-refractivity contribution in [2.75, 3.05) is 5.01 Å². The highest BCUT2D eigenvalue weighted by Gasteiger charge is 2.27. The van der Waals surface area contributed by atoms with E-state index >= 15 is 0 Å². The second-order valence-corrected chi connectivity index (χ2v) is 7.19. The minimum Gasteiger partial charge on any atom is -0.344 e. The van der Waals surface area contributed by atoms with E-state index in [9.17, 15) is 9.59 Å². The van der Waals surface area contributed by atoms with E-state index in [1.807, 2.05) is 12.1 Å². The SMILES string of the molecule is O=C(N[C@@H]1CCCc2ccccc21)C1=CCC(=O)N(c2ccc(Cl)cc2)N1. The molecule has 1 atom stereocenters. The number of halogens is 1. The number of carbonyl (C=O) groups is 2. The zero-order chi connectivity index (χ0) is 18.8. The number of carbonyl (C=O) groups excluding carboxylic acids is 2. The molecule has 2 aromatic carbocycles. The normalized spacial score (nSPS) is 19.0. The minimum absolute atomic E-state index is 0.00763. The van der Waals surface area contributed by atoms with E-state index in [1.165, 1.54) is 16.1 Å². The van der Waals surface area contributed by atoms with Crippen LogP contribution in [0.1, 0.15) is 36.4 Å². The maximum absolute atomic E-state index is 12.8. The quantitative estimate of drug-likeness (QED) is 0.852. The van der Waals surface area contributed by atoms with Gasteiger partial charge in [0.15, 0.2) is 0 Å². The topological polar surface area (TPSA) is 61.4 Å². The molecule has 5 nitrogen and oxygen atoms in total. The number of hydrogen-bond donors (Lipinski definition) is 2. The van der Waals surface area contributed by atoms with Crippen LogP contribution in [-0.2, 0) is 16.0 Å². The summed E-state index contributed by atoms with van der Waals surface area (Å²) < 4.78 is 0. The molecular formula is C21H20ClN3O2. The van der Waals surface area contributed by atoms with E-state index in [-0.39, 0.29) is 24.3 Å². The number of fused-ring (bicyclic) bond motifs is 1. The molecule has 1 heterocycles. The van der Waals surface area contributed by atoms with Crippen LogP contribution in [0.3, 0.4) is 0 Å². The molecule has 2 aromatic rings. The molecule has 0 unspecified atom stereocenters. The summed E-state index contributed by atoms with van der Waals surface area (Å²) in [6, 6.07) is 15.1. The summed E-state index contributed by atoms with van der Waals surface area (Å²) in [7, 11) is 0. The van der Waals surface area contributed by atoms with Crippen LogP contribution < -0.4 is 15.8 Å². The largest absolute Gasteiger partial charge is 0.344 e. The predicted octanol–water partition coefficient (Wildman–Crippen LogP) is 3.66. The molecule has 0 saturated heterocycles. The number of hydrogen-bond acceptors (Lipinski definition) is 3. The number of benzene rings is 2. The second-order valence-electron chi connectivity index (χ2n) is 6.76. The third kappa shape index (κ3) is 3.69. The summed E-state index contributed by atoms with van der Waals surface area (Å²) in [6.45, 7) is 0. The van der Waals surface area contributed by atoms with Crippen LogP contribution in [0.15, 0.2) is 60.3 Å². The number of amides is 2. The fraction of sp³-hybridized carbons (Fsp3) is 0.238. The maximum atomic E-state index is 12.8. The van der Waals surface area contributed by atoms with E-state index < -0.39 is 0 Å². The highest BCUT2D eigenvalue weighted by atomic mass is 35.5. The van der Waals surface area contributed by atoms with Gasteiger partial charge in [-0.15, -0.1) is 0 Å². The minimum atomic E-state index is -0.205. The average molecular weight is 382 g/mol. The van der Waals surface area contributed by atoms with Crippen LogP contribution in [-0.4, -0.2) is 11.8 Å². The average Bonchev–Trinajstić information content (AvgIpc) is 2.69. The van der Waals surface area contributed by atoms with Gasteiger partial charge in [0.1, 0.15) is 5.70 Å². The Morgan fingerprint density at radius 1 is 1.15 bits per heavy atom. The van der Waals surface area contributed by atoms with Gasteiger partial charge in [-0.1, -0.05) is 35.9 Å². The van der Waals surface area contributed by atoms with Gasteiger partial charge in [0.2, 0.25) is 5.91 Å². The monoisotopic (exact) mass is 381 g/mol. The molecule has 4 rings (SSSR count). The van der Waals surface area contributed by atoms with Crippen molar-refractivity contribution in [2.45, 2.75) is 31.7 Å². The van der Waals surface area contributed by atoms with Gasteiger partial charge in [0.05, 0.1) is 11.7 Å². The van der Waals surface area contributed by atoms with Crippen molar-refractivity contribution in [3.63, 3.8) is 0 Å². The number of rotatable bonds is 3. The van der Waals surface area contributed by atoms with Gasteiger partial charge < -0.3 is 5.32 Å². The third-order valence-corrected chi connectivity index (χ3v) is 5.22. The van der Waals surface area contributed by atoms with Crippen molar-refractivity contribution < 1.29 is 9.59 Å². The Bertz CT molecular complexity index is 908. The van der Waals surface area contributed by atoms with Gasteiger partial charge in [-0.2, -0.15) is 0 Å². The van der Waals surface area contributed by atoms with Crippen LogP contribution in [0, 0.1) is 0 Å². The molecule has 0 saturated carbocycles. The Labute approximate surface area is 163 Å². The van der Waals surface area contributed by atoms with Crippen LogP contribution in [0.2, 0.25) is 5.02 Å². The van der Waals surface area contributed by atoms with E-state index in [4.69, 9.17) is 11.6 Å². The zero-order valence-electron chi connectivity index (χ0n) is 14.7. The van der Waals surface area contributed by atoms with Crippen LogP contribution in [0.5, 0.6) is 0 Å². The van der Waals surface area contributed by atoms with Crippen molar-refractivity contribution in [1.82, 2.24) is 10.7 Å². The zero-order valence-corrected chi connectivity index (χ0v) is 15.5. The molecule has 0 spiro atoms. The number of anilines is 1. The summed E-state index contributed by atoms with van der Waals surface area (Å²) in [6.07, 6.45) is 4.81. The van der Waals surface area contributed by atoms with Gasteiger partial charge in [-0.3, -0.25) is 15.0 Å². The van der Waals surface area contributed by atoms with E-state index in [1.54, 1.807) is 30.3 Å². The molecule has 0 aromatic heterocycles. The summed E-state index contributed by atoms with van der Waals surface area (Å²) in [5, 5.41) is 5.09. The Morgan fingerprint density at radius 3 is 2.74 bits per heavy atom. The van der Waals surface area contributed by atoms with Crippen molar-refractivity contribution in [3.8, 4) is 0 Å². The van der Waals surface area contributed by atoms with Crippen molar-refractivity contribution in [3.05, 3.63) is 76.5 Å². The second kappa shape index (κ2) is 7.45.